The van der Waals surface area contributed by atoms with Crippen LogP contribution in [0.2, 0.25) is 0 Å². The van der Waals surface area contributed by atoms with Gasteiger partial charge in [0.05, 0.1) is 19.3 Å². The number of hydrogen-bond acceptors (Lipinski definition) is 5. The topological polar surface area (TPSA) is 61.7 Å². The summed E-state index contributed by atoms with van der Waals surface area (Å²) >= 11 is 1.82. The van der Waals surface area contributed by atoms with E-state index in [9.17, 15) is 5.11 Å². The Morgan fingerprint density at radius 2 is 2.14 bits per heavy atom. The van der Waals surface area contributed by atoms with Crippen molar-refractivity contribution < 1.29 is 14.9 Å². The minimum atomic E-state index is -0.429. The number of aliphatic hydroxyl groups excluding tert-OH is 2. The smallest absolute Gasteiger partial charge is 0.0897 e. The van der Waals surface area contributed by atoms with Crippen LogP contribution in [-0.2, 0) is 4.74 Å². The van der Waals surface area contributed by atoms with E-state index >= 15 is 0 Å². The van der Waals surface area contributed by atoms with Crippen LogP contribution in [0.1, 0.15) is 26.2 Å². The molecule has 0 saturated heterocycles. The number of rotatable bonds is 12. The zero-order valence-corrected chi connectivity index (χ0v) is 14.0. The van der Waals surface area contributed by atoms with E-state index in [2.05, 4.69) is 24.4 Å². The zero-order valence-electron chi connectivity index (χ0n) is 13.2. The van der Waals surface area contributed by atoms with Crippen molar-refractivity contribution in [3.63, 3.8) is 0 Å². The van der Waals surface area contributed by atoms with Gasteiger partial charge in [-0.1, -0.05) is 19.1 Å². The van der Waals surface area contributed by atoms with E-state index in [4.69, 9.17) is 9.84 Å². The highest BCUT2D eigenvalue weighted by Crippen LogP contribution is 2.24. The van der Waals surface area contributed by atoms with Gasteiger partial charge in [-0.05, 0) is 36.9 Å². The molecule has 0 aliphatic heterocycles. The van der Waals surface area contributed by atoms with E-state index in [0.29, 0.717) is 25.0 Å². The predicted octanol–water partition coefficient (Wildman–Crippen LogP) is 1.67. The third kappa shape index (κ3) is 9.53. The second-order valence-corrected chi connectivity index (χ2v) is 6.99. The average molecular weight is 317 g/mol. The van der Waals surface area contributed by atoms with Gasteiger partial charge in [-0.3, -0.25) is 0 Å². The lowest BCUT2D eigenvalue weighted by Crippen LogP contribution is -2.32. The van der Waals surface area contributed by atoms with Crippen LogP contribution in [0.4, 0.5) is 0 Å². The third-order valence-corrected chi connectivity index (χ3v) is 4.88. The SMILES string of the molecule is CC1CC=CCC1COCC(O)CNCCSCCCO. The molecule has 124 valence electrons. The Labute approximate surface area is 133 Å². The molecule has 1 aliphatic rings. The fourth-order valence-corrected chi connectivity index (χ4v) is 3.16. The molecular weight excluding hydrogens is 286 g/mol. The summed E-state index contributed by atoms with van der Waals surface area (Å²) in [5.41, 5.74) is 0. The van der Waals surface area contributed by atoms with Gasteiger partial charge in [0.2, 0.25) is 0 Å². The monoisotopic (exact) mass is 317 g/mol. The summed E-state index contributed by atoms with van der Waals surface area (Å²) in [4.78, 5) is 0. The lowest BCUT2D eigenvalue weighted by Gasteiger charge is -2.25. The van der Waals surface area contributed by atoms with Crippen LogP contribution in [0.5, 0.6) is 0 Å². The molecule has 3 atom stereocenters. The molecular formula is C16H31NO3S. The molecule has 0 radical (unpaired) electrons. The fraction of sp³-hybridized carbons (Fsp3) is 0.875. The molecule has 0 fully saturated rings. The first kappa shape index (κ1) is 19.0. The van der Waals surface area contributed by atoms with E-state index in [0.717, 1.165) is 43.9 Å². The Bertz CT molecular complexity index is 276. The van der Waals surface area contributed by atoms with Gasteiger partial charge >= 0.3 is 0 Å². The van der Waals surface area contributed by atoms with Crippen molar-refractivity contribution in [3.05, 3.63) is 12.2 Å². The first-order chi connectivity index (χ1) is 10.2. The number of allylic oxidation sites excluding steroid dienone is 2. The molecule has 21 heavy (non-hydrogen) atoms. The molecule has 4 nitrogen and oxygen atoms in total. The summed E-state index contributed by atoms with van der Waals surface area (Å²) in [7, 11) is 0. The maximum Gasteiger partial charge on any atom is 0.0897 e. The van der Waals surface area contributed by atoms with E-state index in [-0.39, 0.29) is 6.61 Å². The van der Waals surface area contributed by atoms with Crippen LogP contribution in [0, 0.1) is 11.8 Å². The van der Waals surface area contributed by atoms with Crippen LogP contribution >= 0.6 is 11.8 Å². The van der Waals surface area contributed by atoms with Crippen molar-refractivity contribution in [2.45, 2.75) is 32.3 Å². The summed E-state index contributed by atoms with van der Waals surface area (Å²) in [5.74, 6) is 3.29. The maximum atomic E-state index is 9.84. The Morgan fingerprint density at radius 3 is 2.90 bits per heavy atom. The lowest BCUT2D eigenvalue weighted by atomic mass is 9.85. The van der Waals surface area contributed by atoms with Gasteiger partial charge in [0.25, 0.3) is 0 Å². The number of thioether (sulfide) groups is 1. The van der Waals surface area contributed by atoms with Crippen LogP contribution < -0.4 is 5.32 Å². The van der Waals surface area contributed by atoms with Crippen molar-refractivity contribution in [2.24, 2.45) is 11.8 Å². The molecule has 0 heterocycles. The fourth-order valence-electron chi connectivity index (χ4n) is 2.34. The second-order valence-electron chi connectivity index (χ2n) is 5.77. The van der Waals surface area contributed by atoms with Crippen LogP contribution in [-0.4, -0.2) is 60.7 Å². The molecule has 3 N–H and O–H groups in total. The third-order valence-electron chi connectivity index (χ3n) is 3.81. The highest BCUT2D eigenvalue weighted by molar-refractivity contribution is 7.99. The minimum absolute atomic E-state index is 0.270. The molecule has 0 aromatic carbocycles. The quantitative estimate of drug-likeness (QED) is 0.377. The van der Waals surface area contributed by atoms with Crippen molar-refractivity contribution in [1.29, 1.82) is 0 Å². The van der Waals surface area contributed by atoms with Gasteiger partial charge in [0, 0.05) is 25.4 Å². The molecule has 1 aliphatic carbocycles. The summed E-state index contributed by atoms with van der Waals surface area (Å²) in [6.45, 7) is 5.17. The zero-order chi connectivity index (χ0) is 15.3. The maximum absolute atomic E-state index is 9.84. The van der Waals surface area contributed by atoms with Crippen molar-refractivity contribution in [1.82, 2.24) is 5.32 Å². The Morgan fingerprint density at radius 1 is 1.33 bits per heavy atom. The van der Waals surface area contributed by atoms with Crippen molar-refractivity contribution in [2.75, 3.05) is 44.4 Å². The first-order valence-corrected chi connectivity index (χ1v) is 9.19. The van der Waals surface area contributed by atoms with Gasteiger partial charge in [-0.15, -0.1) is 0 Å². The van der Waals surface area contributed by atoms with E-state index < -0.39 is 6.10 Å². The van der Waals surface area contributed by atoms with Crippen molar-refractivity contribution >= 4 is 11.8 Å². The highest BCUT2D eigenvalue weighted by atomic mass is 32.2. The number of hydrogen-bond donors (Lipinski definition) is 3. The molecule has 5 heteroatoms. The molecule has 0 aromatic rings. The Kier molecular flexibility index (Phi) is 11.3. The molecule has 0 saturated carbocycles. The predicted molar refractivity (Wildman–Crippen MR) is 89.8 cm³/mol. The molecule has 0 amide bonds. The summed E-state index contributed by atoms with van der Waals surface area (Å²) in [6, 6.07) is 0. The number of ether oxygens (including phenoxy) is 1. The molecule has 1 rings (SSSR count). The second kappa shape index (κ2) is 12.5. The van der Waals surface area contributed by atoms with Crippen LogP contribution in [0.3, 0.4) is 0 Å². The number of aliphatic hydroxyl groups is 2. The molecule has 3 unspecified atom stereocenters. The van der Waals surface area contributed by atoms with Crippen LogP contribution in [0.25, 0.3) is 0 Å². The molecule has 0 spiro atoms. The first-order valence-electron chi connectivity index (χ1n) is 8.04. The highest BCUT2D eigenvalue weighted by Gasteiger charge is 2.18. The average Bonchev–Trinajstić information content (AvgIpc) is 2.48. The van der Waals surface area contributed by atoms with Gasteiger partial charge < -0.3 is 20.3 Å². The summed E-state index contributed by atoms with van der Waals surface area (Å²) in [5, 5.41) is 21.7. The van der Waals surface area contributed by atoms with Gasteiger partial charge in [-0.25, -0.2) is 0 Å². The summed E-state index contributed by atoms with van der Waals surface area (Å²) in [6.07, 6.45) is 7.16. The van der Waals surface area contributed by atoms with Gasteiger partial charge in [0.15, 0.2) is 0 Å². The number of nitrogens with one attached hydrogen (secondary N) is 1. The Balaban J connectivity index is 1.91. The minimum Gasteiger partial charge on any atom is -0.396 e. The Hall–Kier alpha value is -0.0700. The lowest BCUT2D eigenvalue weighted by molar-refractivity contribution is 0.0131. The van der Waals surface area contributed by atoms with Crippen LogP contribution in [0.15, 0.2) is 12.2 Å². The van der Waals surface area contributed by atoms with E-state index in [1.165, 1.54) is 0 Å². The molecule has 0 aromatic heterocycles. The van der Waals surface area contributed by atoms with E-state index in [1.54, 1.807) is 0 Å². The normalized spacial score (nSPS) is 23.4. The largest absolute Gasteiger partial charge is 0.396 e. The van der Waals surface area contributed by atoms with E-state index in [1.807, 2.05) is 11.8 Å². The van der Waals surface area contributed by atoms with Gasteiger partial charge in [0.1, 0.15) is 0 Å². The summed E-state index contributed by atoms with van der Waals surface area (Å²) < 4.78 is 5.66. The van der Waals surface area contributed by atoms with Gasteiger partial charge in [-0.2, -0.15) is 11.8 Å². The standard InChI is InChI=1S/C16H31NO3S/c1-14-5-2-3-6-15(14)12-20-13-16(19)11-17-7-10-21-9-4-8-18/h2-3,14-19H,4-13H2,1H3. The molecule has 0 bridgehead atoms. The van der Waals surface area contributed by atoms with Crippen molar-refractivity contribution in [3.8, 4) is 0 Å².